The number of rotatable bonds is 3. The zero-order valence-corrected chi connectivity index (χ0v) is 14.8. The quantitative estimate of drug-likeness (QED) is 0.793. The fraction of sp³-hybridized carbons (Fsp3) is 0.529. The van der Waals surface area contributed by atoms with Crippen LogP contribution in [-0.4, -0.2) is 29.9 Å². The summed E-state index contributed by atoms with van der Waals surface area (Å²) in [5.74, 6) is -0.120. The van der Waals surface area contributed by atoms with Gasteiger partial charge in [-0.05, 0) is 64.4 Å². The highest BCUT2D eigenvalue weighted by Gasteiger charge is 2.20. The minimum absolute atomic E-state index is 0. The lowest BCUT2D eigenvalue weighted by Crippen LogP contribution is -2.43. The van der Waals surface area contributed by atoms with Crippen molar-refractivity contribution in [3.8, 4) is 0 Å². The molecule has 2 amide bonds. The molecule has 0 unspecified atom stereocenters. The molecule has 1 aromatic rings. The lowest BCUT2D eigenvalue weighted by Gasteiger charge is -2.22. The molecule has 1 heterocycles. The van der Waals surface area contributed by atoms with Crippen LogP contribution in [0.25, 0.3) is 0 Å². The molecule has 0 spiro atoms. The molecule has 1 fully saturated rings. The highest BCUT2D eigenvalue weighted by atomic mass is 35.5. The molecular weight excluding hydrogens is 314 g/mol. The standard InChI is InChI=1S/C17H25N3O2.ClH/c1-17(2,3)20-15(21)12-7-9-13(10-8-12)19-16(22)14-6-4-5-11-18-14;/h7-10,14,18H,4-6,11H2,1-3H3,(H,19,22)(H,20,21);1H/t14-;/m1./s1. The predicted octanol–water partition coefficient (Wildman–Crippen LogP) is 2.72. The van der Waals surface area contributed by atoms with Crippen LogP contribution in [0.1, 0.15) is 50.4 Å². The van der Waals surface area contributed by atoms with Gasteiger partial charge in [0.25, 0.3) is 5.91 Å². The number of hydrogen-bond acceptors (Lipinski definition) is 3. The topological polar surface area (TPSA) is 70.2 Å². The number of amides is 2. The molecule has 128 valence electrons. The molecule has 1 saturated heterocycles. The van der Waals surface area contributed by atoms with Crippen molar-refractivity contribution in [1.82, 2.24) is 10.6 Å². The van der Waals surface area contributed by atoms with Crippen LogP contribution < -0.4 is 16.0 Å². The largest absolute Gasteiger partial charge is 0.347 e. The summed E-state index contributed by atoms with van der Waals surface area (Å²) in [4.78, 5) is 24.2. The minimum atomic E-state index is -0.267. The van der Waals surface area contributed by atoms with Crippen LogP contribution in [-0.2, 0) is 4.79 Å². The fourth-order valence-corrected chi connectivity index (χ4v) is 2.42. The average molecular weight is 340 g/mol. The average Bonchev–Trinajstić information content (AvgIpc) is 2.47. The van der Waals surface area contributed by atoms with Crippen LogP contribution in [0.5, 0.6) is 0 Å². The first-order chi connectivity index (χ1) is 10.3. The third-order valence-electron chi connectivity index (χ3n) is 3.53. The Morgan fingerprint density at radius 1 is 1.13 bits per heavy atom. The molecule has 1 atom stereocenters. The van der Waals surface area contributed by atoms with Crippen molar-refractivity contribution in [3.05, 3.63) is 29.8 Å². The van der Waals surface area contributed by atoms with Gasteiger partial charge in [-0.3, -0.25) is 9.59 Å². The molecule has 0 bridgehead atoms. The Labute approximate surface area is 144 Å². The Balaban J connectivity index is 0.00000264. The first-order valence-corrected chi connectivity index (χ1v) is 7.82. The normalized spacial score (nSPS) is 17.8. The van der Waals surface area contributed by atoms with Crippen molar-refractivity contribution in [2.24, 2.45) is 0 Å². The summed E-state index contributed by atoms with van der Waals surface area (Å²) < 4.78 is 0. The van der Waals surface area contributed by atoms with Crippen LogP contribution >= 0.6 is 12.4 Å². The van der Waals surface area contributed by atoms with Crippen molar-refractivity contribution < 1.29 is 9.59 Å². The second-order valence-electron chi connectivity index (χ2n) is 6.77. The number of anilines is 1. The van der Waals surface area contributed by atoms with Gasteiger partial charge in [-0.25, -0.2) is 0 Å². The maximum atomic E-state index is 12.1. The number of carbonyl (C=O) groups is 2. The van der Waals surface area contributed by atoms with Gasteiger partial charge in [0.2, 0.25) is 5.91 Å². The molecule has 1 aliphatic rings. The van der Waals surface area contributed by atoms with Gasteiger partial charge in [0.05, 0.1) is 6.04 Å². The third-order valence-corrected chi connectivity index (χ3v) is 3.53. The zero-order chi connectivity index (χ0) is 16.2. The Bertz CT molecular complexity index is 532. The second-order valence-corrected chi connectivity index (χ2v) is 6.77. The summed E-state index contributed by atoms with van der Waals surface area (Å²) in [6.45, 7) is 6.72. The molecule has 0 aromatic heterocycles. The van der Waals surface area contributed by atoms with Crippen molar-refractivity contribution >= 4 is 29.9 Å². The van der Waals surface area contributed by atoms with Crippen LogP contribution in [0.3, 0.4) is 0 Å². The van der Waals surface area contributed by atoms with E-state index in [1.165, 1.54) is 0 Å². The fourth-order valence-electron chi connectivity index (χ4n) is 2.42. The summed E-state index contributed by atoms with van der Waals surface area (Å²) in [7, 11) is 0. The third kappa shape index (κ3) is 6.20. The second kappa shape index (κ2) is 8.31. The van der Waals surface area contributed by atoms with Gasteiger partial charge in [-0.2, -0.15) is 0 Å². The Morgan fingerprint density at radius 3 is 2.30 bits per heavy atom. The maximum Gasteiger partial charge on any atom is 0.251 e. The van der Waals surface area contributed by atoms with Gasteiger partial charge < -0.3 is 16.0 Å². The van der Waals surface area contributed by atoms with E-state index >= 15 is 0 Å². The van der Waals surface area contributed by atoms with E-state index in [1.54, 1.807) is 24.3 Å². The lowest BCUT2D eigenvalue weighted by molar-refractivity contribution is -0.118. The zero-order valence-electron chi connectivity index (χ0n) is 13.9. The summed E-state index contributed by atoms with van der Waals surface area (Å²) in [6.07, 6.45) is 3.08. The molecule has 1 aromatic carbocycles. The molecule has 6 heteroatoms. The van der Waals surface area contributed by atoms with Crippen LogP contribution in [0.4, 0.5) is 5.69 Å². The number of carbonyl (C=O) groups excluding carboxylic acids is 2. The molecule has 23 heavy (non-hydrogen) atoms. The van der Waals surface area contributed by atoms with E-state index < -0.39 is 0 Å². The van der Waals surface area contributed by atoms with Gasteiger partial charge in [0, 0.05) is 16.8 Å². The minimum Gasteiger partial charge on any atom is -0.347 e. The first kappa shape index (κ1) is 19.5. The molecule has 0 aliphatic carbocycles. The van der Waals surface area contributed by atoms with Gasteiger partial charge in [0.15, 0.2) is 0 Å². The molecule has 2 rings (SSSR count). The number of halogens is 1. The Kier molecular flexibility index (Phi) is 7.03. The predicted molar refractivity (Wildman–Crippen MR) is 95.2 cm³/mol. The van der Waals surface area contributed by atoms with Gasteiger partial charge in [-0.15, -0.1) is 12.4 Å². The van der Waals surface area contributed by atoms with E-state index in [9.17, 15) is 9.59 Å². The van der Waals surface area contributed by atoms with Crippen molar-refractivity contribution in [2.75, 3.05) is 11.9 Å². The van der Waals surface area contributed by atoms with E-state index in [1.807, 2.05) is 20.8 Å². The summed E-state index contributed by atoms with van der Waals surface area (Å²) >= 11 is 0. The SMILES string of the molecule is CC(C)(C)NC(=O)c1ccc(NC(=O)[C@H]2CCCCN2)cc1.Cl. The lowest BCUT2D eigenvalue weighted by atomic mass is 10.0. The van der Waals surface area contributed by atoms with Crippen LogP contribution in [0.2, 0.25) is 0 Å². The van der Waals surface area contributed by atoms with Gasteiger partial charge in [-0.1, -0.05) is 6.42 Å². The number of hydrogen-bond donors (Lipinski definition) is 3. The monoisotopic (exact) mass is 339 g/mol. The Morgan fingerprint density at radius 2 is 1.78 bits per heavy atom. The Hall–Kier alpha value is -1.59. The molecular formula is C17H26ClN3O2. The molecule has 3 N–H and O–H groups in total. The van der Waals surface area contributed by atoms with E-state index in [0.29, 0.717) is 11.3 Å². The van der Waals surface area contributed by atoms with Crippen LogP contribution in [0, 0.1) is 0 Å². The molecule has 1 aliphatic heterocycles. The number of benzene rings is 1. The molecule has 5 nitrogen and oxygen atoms in total. The van der Waals surface area contributed by atoms with E-state index in [0.717, 1.165) is 25.8 Å². The van der Waals surface area contributed by atoms with Crippen molar-refractivity contribution in [3.63, 3.8) is 0 Å². The summed E-state index contributed by atoms with van der Waals surface area (Å²) in [5.41, 5.74) is 1.03. The van der Waals surface area contributed by atoms with Crippen LogP contribution in [0.15, 0.2) is 24.3 Å². The molecule has 0 radical (unpaired) electrons. The van der Waals surface area contributed by atoms with Crippen molar-refractivity contribution in [2.45, 2.75) is 51.6 Å². The summed E-state index contributed by atoms with van der Waals surface area (Å²) in [6, 6.07) is 6.87. The van der Waals surface area contributed by atoms with E-state index in [4.69, 9.17) is 0 Å². The number of nitrogens with one attached hydrogen (secondary N) is 3. The highest BCUT2D eigenvalue weighted by molar-refractivity contribution is 5.97. The van der Waals surface area contributed by atoms with E-state index in [2.05, 4.69) is 16.0 Å². The van der Waals surface area contributed by atoms with Gasteiger partial charge >= 0.3 is 0 Å². The highest BCUT2D eigenvalue weighted by Crippen LogP contribution is 2.13. The molecule has 0 saturated carbocycles. The van der Waals surface area contributed by atoms with Crippen molar-refractivity contribution in [1.29, 1.82) is 0 Å². The summed E-state index contributed by atoms with van der Waals surface area (Å²) in [5, 5.41) is 9.02. The van der Waals surface area contributed by atoms with Gasteiger partial charge in [0.1, 0.15) is 0 Å². The maximum absolute atomic E-state index is 12.1. The number of piperidine rings is 1. The smallest absolute Gasteiger partial charge is 0.251 e. The first-order valence-electron chi connectivity index (χ1n) is 7.82. The van der Waals surface area contributed by atoms with E-state index in [-0.39, 0.29) is 35.8 Å².